The number of hydrogen-bond donors (Lipinski definition) is 1. The Labute approximate surface area is 138 Å². The summed E-state index contributed by atoms with van der Waals surface area (Å²) in [6, 6.07) is 5.99. The standard InChI is InChI=1S/C18H27N3O2/c1-2-18(22)21(8-7-20-9-11-23-12-10-20)17-6-5-15(19)13-16(17)14-3-4-14/h5-6,13-14H,2-4,7-12,19H2,1H3. The van der Waals surface area contributed by atoms with Crippen LogP contribution >= 0.6 is 0 Å². The number of rotatable bonds is 6. The van der Waals surface area contributed by atoms with Gasteiger partial charge in [0, 0.05) is 44.0 Å². The van der Waals surface area contributed by atoms with E-state index in [9.17, 15) is 4.79 Å². The predicted octanol–water partition coefficient (Wildman–Crippen LogP) is 2.22. The van der Waals surface area contributed by atoms with Gasteiger partial charge in [-0.05, 0) is 42.5 Å². The summed E-state index contributed by atoms with van der Waals surface area (Å²) in [6.45, 7) is 7.03. The predicted molar refractivity (Wildman–Crippen MR) is 92.7 cm³/mol. The van der Waals surface area contributed by atoms with Gasteiger partial charge in [-0.3, -0.25) is 9.69 Å². The van der Waals surface area contributed by atoms with Gasteiger partial charge in [0.25, 0.3) is 0 Å². The molecular weight excluding hydrogens is 290 g/mol. The maximum absolute atomic E-state index is 12.5. The number of nitrogen functional groups attached to an aromatic ring is 1. The number of nitrogens with two attached hydrogens (primary N) is 1. The van der Waals surface area contributed by atoms with E-state index >= 15 is 0 Å². The second-order valence-electron chi connectivity index (χ2n) is 6.45. The minimum absolute atomic E-state index is 0.185. The van der Waals surface area contributed by atoms with Crippen LogP contribution in [-0.4, -0.2) is 50.2 Å². The fourth-order valence-electron chi connectivity index (χ4n) is 3.18. The van der Waals surface area contributed by atoms with E-state index in [0.29, 0.717) is 12.3 Å². The van der Waals surface area contributed by atoms with Crippen LogP contribution < -0.4 is 10.6 Å². The average Bonchev–Trinajstić information content (AvgIpc) is 3.41. The molecule has 1 amide bonds. The number of benzene rings is 1. The highest BCUT2D eigenvalue weighted by molar-refractivity contribution is 5.94. The van der Waals surface area contributed by atoms with Crippen LogP contribution in [0.1, 0.15) is 37.7 Å². The van der Waals surface area contributed by atoms with Crippen LogP contribution in [0.4, 0.5) is 11.4 Å². The van der Waals surface area contributed by atoms with Crippen LogP contribution in [0.5, 0.6) is 0 Å². The van der Waals surface area contributed by atoms with Gasteiger partial charge in [-0.1, -0.05) is 6.92 Å². The van der Waals surface area contributed by atoms with E-state index in [-0.39, 0.29) is 5.91 Å². The summed E-state index contributed by atoms with van der Waals surface area (Å²) in [5.74, 6) is 0.758. The Hall–Kier alpha value is -1.59. The van der Waals surface area contributed by atoms with Gasteiger partial charge in [-0.25, -0.2) is 0 Å². The van der Waals surface area contributed by atoms with E-state index in [2.05, 4.69) is 11.0 Å². The lowest BCUT2D eigenvalue weighted by atomic mass is 10.1. The minimum Gasteiger partial charge on any atom is -0.399 e. The molecule has 0 atom stereocenters. The fourth-order valence-corrected chi connectivity index (χ4v) is 3.18. The highest BCUT2D eigenvalue weighted by atomic mass is 16.5. The van der Waals surface area contributed by atoms with Gasteiger partial charge in [-0.2, -0.15) is 0 Å². The number of hydrogen-bond acceptors (Lipinski definition) is 4. The van der Waals surface area contributed by atoms with E-state index in [1.807, 2.05) is 24.0 Å². The molecule has 1 saturated heterocycles. The largest absolute Gasteiger partial charge is 0.399 e. The normalized spacial score (nSPS) is 18.8. The molecule has 1 heterocycles. The van der Waals surface area contributed by atoms with Crippen molar-refractivity contribution in [1.29, 1.82) is 0 Å². The number of anilines is 2. The summed E-state index contributed by atoms with van der Waals surface area (Å²) in [5, 5.41) is 0. The molecule has 126 valence electrons. The van der Waals surface area contributed by atoms with Crippen LogP contribution in [0, 0.1) is 0 Å². The van der Waals surface area contributed by atoms with Crippen molar-refractivity contribution in [2.24, 2.45) is 0 Å². The molecule has 1 aliphatic carbocycles. The van der Waals surface area contributed by atoms with Crippen molar-refractivity contribution in [3.8, 4) is 0 Å². The molecule has 3 rings (SSSR count). The van der Waals surface area contributed by atoms with Gasteiger partial charge in [-0.15, -0.1) is 0 Å². The Morgan fingerprint density at radius 2 is 2.09 bits per heavy atom. The lowest BCUT2D eigenvalue weighted by Crippen LogP contribution is -2.43. The number of morpholine rings is 1. The zero-order valence-electron chi connectivity index (χ0n) is 14.0. The maximum Gasteiger partial charge on any atom is 0.226 e. The van der Waals surface area contributed by atoms with Crippen LogP contribution in [-0.2, 0) is 9.53 Å². The van der Waals surface area contributed by atoms with Crippen LogP contribution in [0.3, 0.4) is 0 Å². The smallest absolute Gasteiger partial charge is 0.226 e. The third-order valence-corrected chi connectivity index (χ3v) is 4.71. The first-order chi connectivity index (χ1) is 11.2. The Morgan fingerprint density at radius 3 is 2.74 bits per heavy atom. The third kappa shape index (κ3) is 4.03. The zero-order chi connectivity index (χ0) is 16.2. The third-order valence-electron chi connectivity index (χ3n) is 4.71. The van der Waals surface area contributed by atoms with E-state index < -0.39 is 0 Å². The maximum atomic E-state index is 12.5. The summed E-state index contributed by atoms with van der Waals surface area (Å²) in [6.07, 6.45) is 2.93. The van der Waals surface area contributed by atoms with E-state index in [1.54, 1.807) is 0 Å². The van der Waals surface area contributed by atoms with Crippen molar-refractivity contribution < 1.29 is 9.53 Å². The first-order valence-electron chi connectivity index (χ1n) is 8.69. The molecule has 1 saturated carbocycles. The monoisotopic (exact) mass is 317 g/mol. The Kier molecular flexibility index (Phi) is 5.18. The summed E-state index contributed by atoms with van der Waals surface area (Å²) < 4.78 is 5.40. The van der Waals surface area contributed by atoms with Crippen LogP contribution in [0.25, 0.3) is 0 Å². The van der Waals surface area contributed by atoms with E-state index in [1.165, 1.54) is 18.4 Å². The summed E-state index contributed by atoms with van der Waals surface area (Å²) >= 11 is 0. The van der Waals surface area contributed by atoms with Gasteiger partial charge in [0.2, 0.25) is 5.91 Å². The number of carbonyl (C=O) groups excluding carboxylic acids is 1. The molecule has 0 radical (unpaired) electrons. The first-order valence-corrected chi connectivity index (χ1v) is 8.69. The fraction of sp³-hybridized carbons (Fsp3) is 0.611. The molecule has 0 bridgehead atoms. The van der Waals surface area contributed by atoms with Gasteiger partial charge >= 0.3 is 0 Å². The molecule has 23 heavy (non-hydrogen) atoms. The molecule has 0 spiro atoms. The molecule has 5 heteroatoms. The second kappa shape index (κ2) is 7.32. The molecule has 2 aliphatic rings. The first kappa shape index (κ1) is 16.3. The molecular formula is C18H27N3O2. The van der Waals surface area contributed by atoms with Crippen LogP contribution in [0.2, 0.25) is 0 Å². The van der Waals surface area contributed by atoms with E-state index in [4.69, 9.17) is 10.5 Å². The highest BCUT2D eigenvalue weighted by Gasteiger charge is 2.29. The summed E-state index contributed by atoms with van der Waals surface area (Å²) in [4.78, 5) is 16.8. The van der Waals surface area contributed by atoms with Crippen molar-refractivity contribution >= 4 is 17.3 Å². The van der Waals surface area contributed by atoms with Crippen molar-refractivity contribution in [3.05, 3.63) is 23.8 Å². The lowest BCUT2D eigenvalue weighted by Gasteiger charge is -2.31. The molecule has 0 unspecified atom stereocenters. The Morgan fingerprint density at radius 1 is 1.35 bits per heavy atom. The summed E-state index contributed by atoms with van der Waals surface area (Å²) in [5.41, 5.74) is 9.05. The Bertz CT molecular complexity index is 551. The molecule has 2 fully saturated rings. The quantitative estimate of drug-likeness (QED) is 0.817. The van der Waals surface area contributed by atoms with Gasteiger partial charge in [0.05, 0.1) is 13.2 Å². The lowest BCUT2D eigenvalue weighted by molar-refractivity contribution is -0.118. The van der Waals surface area contributed by atoms with Gasteiger partial charge in [0.15, 0.2) is 0 Å². The van der Waals surface area contributed by atoms with Crippen LogP contribution in [0.15, 0.2) is 18.2 Å². The minimum atomic E-state index is 0.185. The van der Waals surface area contributed by atoms with Crippen molar-refractivity contribution in [3.63, 3.8) is 0 Å². The van der Waals surface area contributed by atoms with Crippen molar-refractivity contribution in [1.82, 2.24) is 4.90 Å². The average molecular weight is 317 g/mol. The number of carbonyl (C=O) groups is 1. The molecule has 5 nitrogen and oxygen atoms in total. The summed E-state index contributed by atoms with van der Waals surface area (Å²) in [7, 11) is 0. The topological polar surface area (TPSA) is 58.8 Å². The van der Waals surface area contributed by atoms with E-state index in [0.717, 1.165) is 50.8 Å². The SMILES string of the molecule is CCC(=O)N(CCN1CCOCC1)c1ccc(N)cc1C1CC1. The molecule has 1 aromatic rings. The number of amides is 1. The van der Waals surface area contributed by atoms with Gasteiger partial charge < -0.3 is 15.4 Å². The molecule has 0 aromatic heterocycles. The highest BCUT2D eigenvalue weighted by Crippen LogP contribution is 2.45. The molecule has 2 N–H and O–H groups in total. The Balaban J connectivity index is 1.77. The van der Waals surface area contributed by atoms with Gasteiger partial charge in [0.1, 0.15) is 0 Å². The van der Waals surface area contributed by atoms with Crippen molar-refractivity contribution in [2.45, 2.75) is 32.1 Å². The molecule has 1 aromatic carbocycles. The number of nitrogens with zero attached hydrogens (tertiary/aromatic N) is 2. The molecule has 1 aliphatic heterocycles. The van der Waals surface area contributed by atoms with Crippen molar-refractivity contribution in [2.75, 3.05) is 50.0 Å². The zero-order valence-corrected chi connectivity index (χ0v) is 14.0. The number of ether oxygens (including phenoxy) is 1. The second-order valence-corrected chi connectivity index (χ2v) is 6.45.